The molecule has 110 valence electrons. The summed E-state index contributed by atoms with van der Waals surface area (Å²) in [6, 6.07) is -0.407. The van der Waals surface area contributed by atoms with E-state index in [2.05, 4.69) is 15.3 Å². The summed E-state index contributed by atoms with van der Waals surface area (Å²) in [5, 5.41) is 11.9. The predicted molar refractivity (Wildman–Crippen MR) is 73.2 cm³/mol. The molecule has 1 atom stereocenters. The molecule has 2 N–H and O–H groups in total. The minimum atomic E-state index is -0.407. The summed E-state index contributed by atoms with van der Waals surface area (Å²) in [7, 11) is 0. The van der Waals surface area contributed by atoms with Gasteiger partial charge in [-0.2, -0.15) is 0 Å². The van der Waals surface area contributed by atoms with E-state index in [4.69, 9.17) is 9.84 Å². The number of morpholine rings is 1. The fourth-order valence-electron chi connectivity index (χ4n) is 2.00. The summed E-state index contributed by atoms with van der Waals surface area (Å²) in [5.74, 6) is 0.420. The second-order valence-electron chi connectivity index (χ2n) is 4.62. The number of aromatic nitrogens is 2. The van der Waals surface area contributed by atoms with Crippen molar-refractivity contribution in [1.29, 1.82) is 0 Å². The summed E-state index contributed by atoms with van der Waals surface area (Å²) < 4.78 is 5.38. The van der Waals surface area contributed by atoms with Crippen LogP contribution in [0.3, 0.4) is 0 Å². The Bertz CT molecular complexity index is 438. The topological polar surface area (TPSA) is 87.6 Å². The number of hydrogen-bond donors (Lipinski definition) is 2. The number of nitrogens with one attached hydrogen (secondary N) is 1. The Hall–Kier alpha value is -1.73. The molecule has 2 rings (SSSR count). The van der Waals surface area contributed by atoms with Crippen molar-refractivity contribution in [1.82, 2.24) is 15.3 Å². The van der Waals surface area contributed by atoms with Crippen molar-refractivity contribution in [2.45, 2.75) is 26.0 Å². The standard InChI is InChI=1S/C13H20N4O3/c1-2-3-14-12(19)11-9-20-5-4-17(11)13-15-6-10(8-18)7-16-13/h6-7,11,18H,2-5,8-9H2,1H3,(H,14,19). The van der Waals surface area contributed by atoms with E-state index >= 15 is 0 Å². The van der Waals surface area contributed by atoms with Gasteiger partial charge < -0.3 is 20.1 Å². The monoisotopic (exact) mass is 280 g/mol. The van der Waals surface area contributed by atoms with Gasteiger partial charge in [0.2, 0.25) is 11.9 Å². The van der Waals surface area contributed by atoms with Gasteiger partial charge in [0.05, 0.1) is 19.8 Å². The molecule has 1 aromatic rings. The maximum atomic E-state index is 12.1. The number of amides is 1. The fraction of sp³-hybridized carbons (Fsp3) is 0.615. The van der Waals surface area contributed by atoms with Crippen molar-refractivity contribution in [3.05, 3.63) is 18.0 Å². The van der Waals surface area contributed by atoms with Crippen molar-refractivity contribution in [3.63, 3.8) is 0 Å². The SMILES string of the molecule is CCCNC(=O)C1COCCN1c1ncc(CO)cn1. The Morgan fingerprint density at radius 1 is 1.55 bits per heavy atom. The predicted octanol–water partition coefficient (Wildman–Crippen LogP) is -0.300. The van der Waals surface area contributed by atoms with Crippen LogP contribution in [0.2, 0.25) is 0 Å². The fourth-order valence-corrected chi connectivity index (χ4v) is 2.00. The van der Waals surface area contributed by atoms with Gasteiger partial charge in [-0.1, -0.05) is 6.92 Å². The number of ether oxygens (including phenoxy) is 1. The lowest BCUT2D eigenvalue weighted by Gasteiger charge is -2.34. The van der Waals surface area contributed by atoms with E-state index in [0.717, 1.165) is 6.42 Å². The molecule has 1 fully saturated rings. The maximum absolute atomic E-state index is 12.1. The van der Waals surface area contributed by atoms with Crippen LogP contribution in [-0.2, 0) is 16.1 Å². The van der Waals surface area contributed by atoms with Crippen molar-refractivity contribution < 1.29 is 14.6 Å². The van der Waals surface area contributed by atoms with Crippen LogP contribution in [0.1, 0.15) is 18.9 Å². The zero-order valence-corrected chi connectivity index (χ0v) is 11.6. The first-order valence-corrected chi connectivity index (χ1v) is 6.80. The zero-order chi connectivity index (χ0) is 14.4. The summed E-state index contributed by atoms with van der Waals surface area (Å²) in [4.78, 5) is 22.4. The normalized spacial score (nSPS) is 18.9. The van der Waals surface area contributed by atoms with Crippen molar-refractivity contribution in [2.75, 3.05) is 31.2 Å². The Kier molecular flexibility index (Phi) is 5.25. The molecule has 0 saturated carbocycles. The third-order valence-corrected chi connectivity index (χ3v) is 3.11. The van der Waals surface area contributed by atoms with Gasteiger partial charge in [0, 0.05) is 31.0 Å². The molecule has 20 heavy (non-hydrogen) atoms. The van der Waals surface area contributed by atoms with Crippen LogP contribution >= 0.6 is 0 Å². The number of carbonyl (C=O) groups excluding carboxylic acids is 1. The highest BCUT2D eigenvalue weighted by atomic mass is 16.5. The molecule has 1 amide bonds. The minimum Gasteiger partial charge on any atom is -0.392 e. The molecule has 7 heteroatoms. The first kappa shape index (κ1) is 14.7. The van der Waals surface area contributed by atoms with Crippen molar-refractivity contribution >= 4 is 11.9 Å². The summed E-state index contributed by atoms with van der Waals surface area (Å²) in [6.45, 7) is 4.01. The Morgan fingerprint density at radius 2 is 2.30 bits per heavy atom. The molecular weight excluding hydrogens is 260 g/mol. The third-order valence-electron chi connectivity index (χ3n) is 3.11. The first-order chi connectivity index (χ1) is 9.76. The van der Waals surface area contributed by atoms with Gasteiger partial charge in [0.25, 0.3) is 0 Å². The highest BCUT2D eigenvalue weighted by molar-refractivity contribution is 5.85. The van der Waals surface area contributed by atoms with Crippen LogP contribution in [0, 0.1) is 0 Å². The van der Waals surface area contributed by atoms with Gasteiger partial charge >= 0.3 is 0 Å². The molecular formula is C13H20N4O3. The van der Waals surface area contributed by atoms with E-state index in [-0.39, 0.29) is 12.5 Å². The molecule has 1 saturated heterocycles. The van der Waals surface area contributed by atoms with Crippen LogP contribution in [0.5, 0.6) is 0 Å². The number of nitrogens with zero attached hydrogens (tertiary/aromatic N) is 3. The van der Waals surface area contributed by atoms with Crippen molar-refractivity contribution in [2.24, 2.45) is 0 Å². The third kappa shape index (κ3) is 3.43. The molecule has 1 aliphatic heterocycles. The Labute approximate surface area is 118 Å². The lowest BCUT2D eigenvalue weighted by atomic mass is 10.2. The molecule has 0 spiro atoms. The lowest BCUT2D eigenvalue weighted by molar-refractivity contribution is -0.124. The summed E-state index contributed by atoms with van der Waals surface area (Å²) in [5.41, 5.74) is 0.647. The zero-order valence-electron chi connectivity index (χ0n) is 11.6. The summed E-state index contributed by atoms with van der Waals surface area (Å²) in [6.07, 6.45) is 4.03. The van der Waals surface area contributed by atoms with Gasteiger partial charge in [0.15, 0.2) is 0 Å². The average molecular weight is 280 g/mol. The number of carbonyl (C=O) groups is 1. The number of rotatable bonds is 5. The van der Waals surface area contributed by atoms with Crippen LogP contribution in [0.15, 0.2) is 12.4 Å². The minimum absolute atomic E-state index is 0.0682. The number of anilines is 1. The highest BCUT2D eigenvalue weighted by Gasteiger charge is 2.30. The largest absolute Gasteiger partial charge is 0.392 e. The van der Waals surface area contributed by atoms with Gasteiger partial charge in [-0.3, -0.25) is 4.79 Å². The average Bonchev–Trinajstić information content (AvgIpc) is 2.52. The van der Waals surface area contributed by atoms with Gasteiger partial charge in [-0.15, -0.1) is 0 Å². The molecule has 1 unspecified atom stereocenters. The number of aliphatic hydroxyl groups is 1. The highest BCUT2D eigenvalue weighted by Crippen LogP contribution is 2.15. The van der Waals surface area contributed by atoms with Crippen LogP contribution in [0.4, 0.5) is 5.95 Å². The molecule has 7 nitrogen and oxygen atoms in total. The lowest BCUT2D eigenvalue weighted by Crippen LogP contribution is -2.54. The molecule has 0 bridgehead atoms. The van der Waals surface area contributed by atoms with Crippen LogP contribution < -0.4 is 10.2 Å². The van der Waals surface area contributed by atoms with E-state index in [9.17, 15) is 4.79 Å². The quantitative estimate of drug-likeness (QED) is 0.770. The van der Waals surface area contributed by atoms with Crippen LogP contribution in [0.25, 0.3) is 0 Å². The molecule has 0 aliphatic carbocycles. The van der Waals surface area contributed by atoms with Crippen LogP contribution in [-0.4, -0.2) is 53.3 Å². The first-order valence-electron chi connectivity index (χ1n) is 6.80. The van der Waals surface area contributed by atoms with Crippen molar-refractivity contribution in [3.8, 4) is 0 Å². The Balaban J connectivity index is 2.10. The van der Waals surface area contributed by atoms with Gasteiger partial charge in [-0.25, -0.2) is 9.97 Å². The van der Waals surface area contributed by atoms with Gasteiger partial charge in [0.1, 0.15) is 6.04 Å². The maximum Gasteiger partial charge on any atom is 0.245 e. The Morgan fingerprint density at radius 3 is 2.95 bits per heavy atom. The molecule has 2 heterocycles. The summed E-state index contributed by atoms with van der Waals surface area (Å²) >= 11 is 0. The van der Waals surface area contributed by atoms with Gasteiger partial charge in [-0.05, 0) is 6.42 Å². The van der Waals surface area contributed by atoms with E-state index < -0.39 is 6.04 Å². The molecule has 0 aromatic carbocycles. The smallest absolute Gasteiger partial charge is 0.245 e. The van der Waals surface area contributed by atoms with E-state index in [1.165, 1.54) is 0 Å². The molecule has 1 aromatic heterocycles. The number of aliphatic hydroxyl groups excluding tert-OH is 1. The number of hydrogen-bond acceptors (Lipinski definition) is 6. The molecule has 1 aliphatic rings. The van der Waals surface area contributed by atoms with E-state index in [1.54, 1.807) is 12.4 Å². The van der Waals surface area contributed by atoms with E-state index in [1.807, 2.05) is 11.8 Å². The second kappa shape index (κ2) is 7.16. The van der Waals surface area contributed by atoms with E-state index in [0.29, 0.717) is 37.8 Å². The molecule has 0 radical (unpaired) electrons. The second-order valence-corrected chi connectivity index (χ2v) is 4.62.